The molecule has 0 unspecified atom stereocenters. The van der Waals surface area contributed by atoms with Crippen LogP contribution in [0.25, 0.3) is 0 Å². The third kappa shape index (κ3) is 7.09. The first-order valence-electron chi connectivity index (χ1n) is 11.5. The van der Waals surface area contributed by atoms with Crippen molar-refractivity contribution in [3.63, 3.8) is 0 Å². The van der Waals surface area contributed by atoms with Gasteiger partial charge in [0, 0.05) is 35.1 Å². The van der Waals surface area contributed by atoms with Gasteiger partial charge in [-0.25, -0.2) is 0 Å². The number of benzene rings is 2. The van der Waals surface area contributed by atoms with Gasteiger partial charge in [-0.15, -0.1) is 0 Å². The van der Waals surface area contributed by atoms with Crippen LogP contribution in [0.2, 0.25) is 0 Å². The predicted molar refractivity (Wildman–Crippen MR) is 144 cm³/mol. The lowest BCUT2D eigenvalue weighted by Gasteiger charge is -2.41. The number of carbonyl (C=O) groups excluding carboxylic acids is 1. The van der Waals surface area contributed by atoms with Crippen molar-refractivity contribution in [3.8, 4) is 0 Å². The van der Waals surface area contributed by atoms with Gasteiger partial charge in [0.1, 0.15) is 0 Å². The molecule has 7 nitrogen and oxygen atoms in total. The number of ether oxygens (including phenoxy) is 2. The van der Waals surface area contributed by atoms with Crippen LogP contribution in [0.5, 0.6) is 0 Å². The molecular weight excluding hydrogens is 559 g/mol. The standard InChI is InChI=1S/C26H25Cl3N2O5S/c1-16-21(15-37-22-7-2-3-12-31(22)34)35-24(36-23(16)18-10-8-17(14-32)9-11-18)19-5-4-6-20(13-19)30-25(33)26(27,28)29/h2-13,16,21,23-24,32H,14-15H2,1H3,(H,30,33)/t16-,21+,23+,24+/m1/s1. The van der Waals surface area contributed by atoms with E-state index in [2.05, 4.69) is 5.32 Å². The van der Waals surface area contributed by atoms with Gasteiger partial charge in [0.2, 0.25) is 0 Å². The fourth-order valence-corrected chi connectivity index (χ4v) is 5.19. The van der Waals surface area contributed by atoms with Crippen molar-refractivity contribution >= 4 is 58.2 Å². The summed E-state index contributed by atoms with van der Waals surface area (Å²) in [6, 6.07) is 19.8. The Bertz CT molecular complexity index is 1230. The number of halogens is 3. The van der Waals surface area contributed by atoms with Crippen LogP contribution < -0.4 is 10.0 Å². The SMILES string of the molecule is C[C@@H]1[C@H](CSc2cccc[n+]2[O-])O[C@H](c2cccc(NC(=O)C(Cl)(Cl)Cl)c2)O[C@@H]1c1ccc(CO)cc1. The molecule has 4 atom stereocenters. The molecule has 0 bridgehead atoms. The van der Waals surface area contributed by atoms with Crippen molar-refractivity contribution in [1.29, 1.82) is 0 Å². The van der Waals surface area contributed by atoms with Gasteiger partial charge in [-0.1, -0.05) is 89.9 Å². The average molecular weight is 584 g/mol. The zero-order chi connectivity index (χ0) is 26.6. The van der Waals surface area contributed by atoms with E-state index < -0.39 is 16.0 Å². The lowest BCUT2D eigenvalue weighted by Crippen LogP contribution is -2.39. The second kappa shape index (κ2) is 12.2. The number of aromatic nitrogens is 1. The molecule has 0 saturated carbocycles. The van der Waals surface area contributed by atoms with E-state index in [1.54, 1.807) is 30.3 Å². The Morgan fingerprint density at radius 1 is 1.08 bits per heavy atom. The number of aliphatic hydroxyl groups is 1. The van der Waals surface area contributed by atoms with E-state index in [1.165, 1.54) is 18.0 Å². The van der Waals surface area contributed by atoms with E-state index in [0.717, 1.165) is 15.9 Å². The van der Waals surface area contributed by atoms with Crippen molar-refractivity contribution in [1.82, 2.24) is 0 Å². The summed E-state index contributed by atoms with van der Waals surface area (Å²) in [5.41, 5.74) is 2.83. The van der Waals surface area contributed by atoms with E-state index in [-0.39, 0.29) is 24.7 Å². The minimum Gasteiger partial charge on any atom is -0.618 e. The van der Waals surface area contributed by atoms with Gasteiger partial charge in [0.15, 0.2) is 12.5 Å². The smallest absolute Gasteiger partial charge is 0.276 e. The molecule has 37 heavy (non-hydrogen) atoms. The highest BCUT2D eigenvalue weighted by Crippen LogP contribution is 2.43. The van der Waals surface area contributed by atoms with Crippen LogP contribution in [-0.2, 0) is 20.9 Å². The number of hydrogen-bond acceptors (Lipinski definition) is 6. The minimum atomic E-state index is -2.10. The van der Waals surface area contributed by atoms with Gasteiger partial charge in [-0.2, -0.15) is 4.73 Å². The monoisotopic (exact) mass is 582 g/mol. The summed E-state index contributed by atoms with van der Waals surface area (Å²) < 4.78 is 11.5. The normalized spacial score (nSPS) is 22.0. The lowest BCUT2D eigenvalue weighted by molar-refractivity contribution is -0.645. The number of hydrogen-bond donors (Lipinski definition) is 2. The van der Waals surface area contributed by atoms with Crippen molar-refractivity contribution in [2.24, 2.45) is 5.92 Å². The highest BCUT2D eigenvalue weighted by atomic mass is 35.6. The fourth-order valence-electron chi connectivity index (χ4n) is 3.97. The van der Waals surface area contributed by atoms with Gasteiger partial charge in [-0.3, -0.25) is 4.79 Å². The predicted octanol–water partition coefficient (Wildman–Crippen LogP) is 5.70. The number of alkyl halides is 3. The zero-order valence-corrected chi connectivity index (χ0v) is 22.8. The van der Waals surface area contributed by atoms with E-state index in [1.807, 2.05) is 43.3 Å². The average Bonchev–Trinajstić information content (AvgIpc) is 2.88. The molecule has 0 spiro atoms. The summed E-state index contributed by atoms with van der Waals surface area (Å²) in [5, 5.41) is 24.7. The third-order valence-corrected chi connectivity index (χ3v) is 7.60. The summed E-state index contributed by atoms with van der Waals surface area (Å²) in [6.45, 7) is 1.99. The molecule has 4 rings (SSSR count). The molecule has 0 radical (unpaired) electrons. The Labute approximate surface area is 234 Å². The molecule has 2 N–H and O–H groups in total. The topological polar surface area (TPSA) is 94.7 Å². The fraction of sp³-hybridized carbons (Fsp3) is 0.308. The molecule has 196 valence electrons. The first-order chi connectivity index (χ1) is 17.7. The molecule has 1 saturated heterocycles. The largest absolute Gasteiger partial charge is 0.618 e. The summed E-state index contributed by atoms with van der Waals surface area (Å²) in [7, 11) is 0. The van der Waals surface area contributed by atoms with Crippen LogP contribution in [0.4, 0.5) is 5.69 Å². The molecule has 1 fully saturated rings. The Morgan fingerprint density at radius 3 is 2.51 bits per heavy atom. The van der Waals surface area contributed by atoms with Gasteiger partial charge in [-0.05, 0) is 29.3 Å². The number of carbonyl (C=O) groups is 1. The van der Waals surface area contributed by atoms with E-state index in [0.29, 0.717) is 22.0 Å². The van der Waals surface area contributed by atoms with Crippen molar-refractivity contribution in [3.05, 3.63) is 94.8 Å². The minimum absolute atomic E-state index is 0.0503. The van der Waals surface area contributed by atoms with Gasteiger partial charge in [0.05, 0.1) is 18.8 Å². The third-order valence-electron chi connectivity index (χ3n) is 5.98. The molecule has 1 aliphatic rings. The number of nitrogens with one attached hydrogen (secondary N) is 1. The second-order valence-corrected chi connectivity index (χ2v) is 11.9. The number of rotatable bonds is 7. The number of amides is 1. The lowest BCUT2D eigenvalue weighted by atomic mass is 9.91. The number of pyridine rings is 1. The van der Waals surface area contributed by atoms with Gasteiger partial charge < -0.3 is 25.1 Å². The van der Waals surface area contributed by atoms with Gasteiger partial charge >= 0.3 is 0 Å². The van der Waals surface area contributed by atoms with E-state index in [4.69, 9.17) is 44.3 Å². The first-order valence-corrected chi connectivity index (χ1v) is 13.6. The highest BCUT2D eigenvalue weighted by Gasteiger charge is 2.39. The molecular formula is C26H25Cl3N2O5S. The molecule has 11 heteroatoms. The molecule has 2 aromatic carbocycles. The van der Waals surface area contributed by atoms with Crippen molar-refractivity contribution < 1.29 is 24.1 Å². The van der Waals surface area contributed by atoms with Crippen molar-refractivity contribution in [2.45, 2.75) is 40.8 Å². The quantitative estimate of drug-likeness (QED) is 0.160. The molecule has 0 aliphatic carbocycles. The zero-order valence-electron chi connectivity index (χ0n) is 19.7. The summed E-state index contributed by atoms with van der Waals surface area (Å²) >= 11 is 18.5. The van der Waals surface area contributed by atoms with Crippen LogP contribution in [0.1, 0.15) is 36.0 Å². The van der Waals surface area contributed by atoms with Crippen molar-refractivity contribution in [2.75, 3.05) is 11.1 Å². The maximum Gasteiger partial charge on any atom is 0.276 e. The summed E-state index contributed by atoms with van der Waals surface area (Å²) in [4.78, 5) is 12.1. The van der Waals surface area contributed by atoms with E-state index >= 15 is 0 Å². The number of aliphatic hydroxyl groups excluding tert-OH is 1. The summed E-state index contributed by atoms with van der Waals surface area (Å²) in [5.74, 6) is -0.319. The Balaban J connectivity index is 1.60. The molecule has 2 heterocycles. The molecule has 1 amide bonds. The maximum atomic E-state index is 12.1. The number of anilines is 1. The maximum absolute atomic E-state index is 12.1. The van der Waals surface area contributed by atoms with Crippen LogP contribution >= 0.6 is 46.6 Å². The van der Waals surface area contributed by atoms with Crippen LogP contribution in [0, 0.1) is 11.1 Å². The molecule has 3 aromatic rings. The number of nitrogens with zero attached hydrogens (tertiary/aromatic N) is 1. The molecule has 1 aromatic heterocycles. The van der Waals surface area contributed by atoms with Crippen LogP contribution in [-0.4, -0.2) is 26.7 Å². The van der Waals surface area contributed by atoms with Gasteiger partial charge in [0.25, 0.3) is 14.7 Å². The Hall–Kier alpha value is -2.04. The Morgan fingerprint density at radius 2 is 1.84 bits per heavy atom. The Kier molecular flexibility index (Phi) is 9.24. The van der Waals surface area contributed by atoms with Crippen LogP contribution in [0.3, 0.4) is 0 Å². The van der Waals surface area contributed by atoms with Crippen LogP contribution in [0.15, 0.2) is 78.0 Å². The summed E-state index contributed by atoms with van der Waals surface area (Å²) in [6.07, 6.45) is 0.101. The molecule has 1 aliphatic heterocycles. The number of thioether (sulfide) groups is 1. The van der Waals surface area contributed by atoms with E-state index in [9.17, 15) is 15.1 Å². The second-order valence-electron chi connectivity index (χ2n) is 8.57. The highest BCUT2D eigenvalue weighted by molar-refractivity contribution is 7.99. The first kappa shape index (κ1) is 28.0.